The van der Waals surface area contributed by atoms with E-state index in [1.807, 2.05) is 4.90 Å². The predicted octanol–water partition coefficient (Wildman–Crippen LogP) is 3.04. The van der Waals surface area contributed by atoms with Crippen LogP contribution in [0.1, 0.15) is 31.5 Å². The van der Waals surface area contributed by atoms with E-state index in [1.165, 1.54) is 6.07 Å². The number of nitrogens with two attached hydrogens (primary N) is 1. The molecule has 0 amide bonds. The van der Waals surface area contributed by atoms with Crippen LogP contribution in [0.15, 0.2) is 12.1 Å². The Labute approximate surface area is 117 Å². The van der Waals surface area contributed by atoms with Crippen LogP contribution in [-0.2, 0) is 12.7 Å². The second-order valence-electron chi connectivity index (χ2n) is 5.57. The standard InChI is InChI=1S/C14H20F3N3/c1-9-5-6-20(8-10(9)2)13-11(7-18)3-4-12(19-13)14(15,16)17/h3-4,9-10H,5-8,18H2,1-2H3. The molecule has 0 radical (unpaired) electrons. The fourth-order valence-electron chi connectivity index (χ4n) is 2.52. The Morgan fingerprint density at radius 3 is 2.55 bits per heavy atom. The zero-order valence-electron chi connectivity index (χ0n) is 11.7. The highest BCUT2D eigenvalue weighted by Crippen LogP contribution is 2.32. The number of alkyl halides is 3. The third kappa shape index (κ3) is 3.06. The first-order valence-electron chi connectivity index (χ1n) is 6.85. The molecule has 6 heteroatoms. The quantitative estimate of drug-likeness (QED) is 0.909. The van der Waals surface area contributed by atoms with E-state index in [0.29, 0.717) is 23.2 Å². The monoisotopic (exact) mass is 287 g/mol. The maximum absolute atomic E-state index is 12.8. The van der Waals surface area contributed by atoms with E-state index >= 15 is 0 Å². The topological polar surface area (TPSA) is 42.2 Å². The number of rotatable bonds is 2. The van der Waals surface area contributed by atoms with Crippen LogP contribution in [0.4, 0.5) is 19.0 Å². The van der Waals surface area contributed by atoms with Gasteiger partial charge in [0.15, 0.2) is 0 Å². The molecular weight excluding hydrogens is 267 g/mol. The van der Waals surface area contributed by atoms with E-state index < -0.39 is 11.9 Å². The summed E-state index contributed by atoms with van der Waals surface area (Å²) in [5, 5.41) is 0. The average Bonchev–Trinajstić information content (AvgIpc) is 2.40. The summed E-state index contributed by atoms with van der Waals surface area (Å²) in [6, 6.07) is 2.44. The molecule has 0 spiro atoms. The highest BCUT2D eigenvalue weighted by Gasteiger charge is 2.34. The summed E-state index contributed by atoms with van der Waals surface area (Å²) in [6.45, 7) is 5.94. The SMILES string of the molecule is CC1CCN(c2nc(C(F)(F)F)ccc2CN)CC1C. The normalized spacial score (nSPS) is 24.0. The van der Waals surface area contributed by atoms with Crippen LogP contribution in [0.5, 0.6) is 0 Å². The molecule has 2 atom stereocenters. The Hall–Kier alpha value is -1.30. The molecule has 2 unspecified atom stereocenters. The molecule has 20 heavy (non-hydrogen) atoms. The minimum absolute atomic E-state index is 0.195. The maximum atomic E-state index is 12.8. The second kappa shape index (κ2) is 5.60. The second-order valence-corrected chi connectivity index (χ2v) is 5.57. The summed E-state index contributed by atoms with van der Waals surface area (Å²) >= 11 is 0. The van der Waals surface area contributed by atoms with Crippen molar-refractivity contribution in [3.63, 3.8) is 0 Å². The van der Waals surface area contributed by atoms with Crippen LogP contribution < -0.4 is 10.6 Å². The summed E-state index contributed by atoms with van der Waals surface area (Å²) in [5.74, 6) is 1.41. The number of pyridine rings is 1. The van der Waals surface area contributed by atoms with Gasteiger partial charge in [0, 0.05) is 25.2 Å². The molecule has 1 saturated heterocycles. The van der Waals surface area contributed by atoms with Gasteiger partial charge in [-0.3, -0.25) is 0 Å². The molecule has 0 bridgehead atoms. The fraction of sp³-hybridized carbons (Fsp3) is 0.643. The van der Waals surface area contributed by atoms with Gasteiger partial charge < -0.3 is 10.6 Å². The maximum Gasteiger partial charge on any atom is 0.433 e. The van der Waals surface area contributed by atoms with Gasteiger partial charge in [-0.1, -0.05) is 19.9 Å². The summed E-state index contributed by atoms with van der Waals surface area (Å²) in [7, 11) is 0. The van der Waals surface area contributed by atoms with Crippen molar-refractivity contribution in [3.8, 4) is 0 Å². The number of piperidine rings is 1. The first kappa shape index (κ1) is 15.1. The molecule has 0 aliphatic carbocycles. The number of halogens is 3. The zero-order chi connectivity index (χ0) is 14.9. The van der Waals surface area contributed by atoms with E-state index in [1.54, 1.807) is 0 Å². The van der Waals surface area contributed by atoms with Crippen LogP contribution in [0, 0.1) is 11.8 Å². The van der Waals surface area contributed by atoms with Crippen molar-refractivity contribution < 1.29 is 13.2 Å². The molecule has 2 N–H and O–H groups in total. The van der Waals surface area contributed by atoms with Crippen LogP contribution >= 0.6 is 0 Å². The molecule has 0 aromatic carbocycles. The van der Waals surface area contributed by atoms with Gasteiger partial charge >= 0.3 is 6.18 Å². The lowest BCUT2D eigenvalue weighted by Crippen LogP contribution is -2.39. The number of hydrogen-bond acceptors (Lipinski definition) is 3. The molecule has 2 rings (SSSR count). The Balaban J connectivity index is 2.34. The molecule has 0 saturated carbocycles. The minimum Gasteiger partial charge on any atom is -0.356 e. The molecule has 1 aromatic heterocycles. The minimum atomic E-state index is -4.42. The summed E-state index contributed by atoms with van der Waals surface area (Å²) in [5.41, 5.74) is 5.45. The largest absolute Gasteiger partial charge is 0.433 e. The summed E-state index contributed by atoms with van der Waals surface area (Å²) in [4.78, 5) is 5.75. The van der Waals surface area contributed by atoms with Gasteiger partial charge in [-0.05, 0) is 24.3 Å². The number of anilines is 1. The van der Waals surface area contributed by atoms with Crippen molar-refractivity contribution in [1.29, 1.82) is 0 Å². The van der Waals surface area contributed by atoms with E-state index in [0.717, 1.165) is 25.6 Å². The highest BCUT2D eigenvalue weighted by atomic mass is 19.4. The molecule has 1 aliphatic heterocycles. The van der Waals surface area contributed by atoms with Gasteiger partial charge in [-0.25, -0.2) is 4.98 Å². The lowest BCUT2D eigenvalue weighted by Gasteiger charge is -2.37. The molecule has 2 heterocycles. The molecule has 3 nitrogen and oxygen atoms in total. The summed E-state index contributed by atoms with van der Waals surface area (Å²) in [6.07, 6.45) is -3.46. The first-order chi connectivity index (χ1) is 9.32. The van der Waals surface area contributed by atoms with E-state index in [2.05, 4.69) is 18.8 Å². The van der Waals surface area contributed by atoms with Gasteiger partial charge in [0.2, 0.25) is 0 Å². The van der Waals surface area contributed by atoms with Crippen molar-refractivity contribution in [1.82, 2.24) is 4.98 Å². The van der Waals surface area contributed by atoms with Gasteiger partial charge in [-0.15, -0.1) is 0 Å². The Kier molecular flexibility index (Phi) is 4.22. The van der Waals surface area contributed by atoms with Crippen LogP contribution in [0.25, 0.3) is 0 Å². The molecule has 1 aliphatic rings. The Morgan fingerprint density at radius 2 is 2.00 bits per heavy atom. The number of nitrogens with zero attached hydrogens (tertiary/aromatic N) is 2. The third-order valence-electron chi connectivity index (χ3n) is 4.10. The highest BCUT2D eigenvalue weighted by molar-refractivity contribution is 5.48. The lowest BCUT2D eigenvalue weighted by atomic mass is 9.88. The van der Waals surface area contributed by atoms with Gasteiger partial charge in [-0.2, -0.15) is 13.2 Å². The Morgan fingerprint density at radius 1 is 1.30 bits per heavy atom. The first-order valence-corrected chi connectivity index (χ1v) is 6.85. The smallest absolute Gasteiger partial charge is 0.356 e. The Bertz CT molecular complexity index is 473. The molecular formula is C14H20F3N3. The van der Waals surface area contributed by atoms with Crippen LogP contribution in [-0.4, -0.2) is 18.1 Å². The fourth-order valence-corrected chi connectivity index (χ4v) is 2.52. The van der Waals surface area contributed by atoms with Gasteiger partial charge in [0.05, 0.1) is 0 Å². The van der Waals surface area contributed by atoms with Crippen molar-refractivity contribution in [2.75, 3.05) is 18.0 Å². The van der Waals surface area contributed by atoms with Gasteiger partial charge in [0.1, 0.15) is 11.5 Å². The predicted molar refractivity (Wildman–Crippen MR) is 72.3 cm³/mol. The summed E-state index contributed by atoms with van der Waals surface area (Å²) < 4.78 is 38.4. The zero-order valence-corrected chi connectivity index (χ0v) is 11.7. The van der Waals surface area contributed by atoms with E-state index in [4.69, 9.17) is 5.73 Å². The van der Waals surface area contributed by atoms with Crippen molar-refractivity contribution >= 4 is 5.82 Å². The van der Waals surface area contributed by atoms with Gasteiger partial charge in [0.25, 0.3) is 0 Å². The average molecular weight is 287 g/mol. The van der Waals surface area contributed by atoms with E-state index in [-0.39, 0.29) is 6.54 Å². The number of hydrogen-bond donors (Lipinski definition) is 1. The molecule has 112 valence electrons. The van der Waals surface area contributed by atoms with Crippen molar-refractivity contribution in [2.24, 2.45) is 17.6 Å². The lowest BCUT2D eigenvalue weighted by molar-refractivity contribution is -0.141. The van der Waals surface area contributed by atoms with Crippen LogP contribution in [0.3, 0.4) is 0 Å². The third-order valence-corrected chi connectivity index (χ3v) is 4.10. The van der Waals surface area contributed by atoms with Crippen molar-refractivity contribution in [2.45, 2.75) is 33.0 Å². The molecule has 1 fully saturated rings. The molecule has 1 aromatic rings. The van der Waals surface area contributed by atoms with Crippen molar-refractivity contribution in [3.05, 3.63) is 23.4 Å². The number of aromatic nitrogens is 1. The van der Waals surface area contributed by atoms with E-state index in [9.17, 15) is 13.2 Å². The van der Waals surface area contributed by atoms with Crippen LogP contribution in [0.2, 0.25) is 0 Å².